The van der Waals surface area contributed by atoms with Crippen molar-refractivity contribution in [2.45, 2.75) is 32.1 Å². The average Bonchev–Trinajstić information content (AvgIpc) is 3.41. The monoisotopic (exact) mass is 352 g/mol. The second kappa shape index (κ2) is 6.90. The molecule has 1 aromatic carbocycles. The van der Waals surface area contributed by atoms with Crippen LogP contribution in [0.2, 0.25) is 0 Å². The van der Waals surface area contributed by atoms with Gasteiger partial charge in [-0.15, -0.1) is 0 Å². The number of tetrazole rings is 1. The van der Waals surface area contributed by atoms with Crippen molar-refractivity contribution >= 4 is 18.1 Å². The summed E-state index contributed by atoms with van der Waals surface area (Å²) in [7, 11) is 1.70. The summed E-state index contributed by atoms with van der Waals surface area (Å²) < 4.78 is 1.45. The van der Waals surface area contributed by atoms with Crippen molar-refractivity contribution in [2.75, 3.05) is 18.4 Å². The molecule has 0 spiro atoms. The van der Waals surface area contributed by atoms with Crippen LogP contribution in [-0.2, 0) is 7.05 Å². The molecule has 0 bridgehead atoms. The molecule has 1 saturated heterocycles. The van der Waals surface area contributed by atoms with Gasteiger partial charge in [-0.1, -0.05) is 47.9 Å². The Bertz CT molecular complexity index is 838. The lowest BCUT2D eigenvalue weighted by molar-refractivity contribution is 0.197. The fourth-order valence-corrected chi connectivity index (χ4v) is 3.49. The van der Waals surface area contributed by atoms with Gasteiger partial charge in [-0.2, -0.15) is 0 Å². The molecule has 0 radical (unpaired) electrons. The van der Waals surface area contributed by atoms with Crippen LogP contribution in [0.15, 0.2) is 29.8 Å². The molecule has 2 fully saturated rings. The van der Waals surface area contributed by atoms with Crippen molar-refractivity contribution in [3.63, 3.8) is 0 Å². The van der Waals surface area contributed by atoms with Gasteiger partial charge < -0.3 is 4.90 Å². The summed E-state index contributed by atoms with van der Waals surface area (Å²) >= 11 is 0. The van der Waals surface area contributed by atoms with Crippen LogP contribution in [0.4, 0.5) is 10.7 Å². The first-order chi connectivity index (χ1) is 12.6. The first-order valence-corrected chi connectivity index (χ1v) is 9.19. The summed E-state index contributed by atoms with van der Waals surface area (Å²) in [6.45, 7) is 3.58. The van der Waals surface area contributed by atoms with E-state index in [0.717, 1.165) is 12.3 Å². The van der Waals surface area contributed by atoms with E-state index < -0.39 is 0 Å². The number of hydrogen-bond acceptors (Lipinski definition) is 4. The quantitative estimate of drug-likeness (QED) is 0.921. The maximum atomic E-state index is 12.4. The zero-order valence-electron chi connectivity index (χ0n) is 15.2. The highest BCUT2D eigenvalue weighted by molar-refractivity contribution is 5.87. The number of hydrogen-bond donors (Lipinski definition) is 1. The van der Waals surface area contributed by atoms with E-state index in [1.807, 2.05) is 4.90 Å². The first kappa shape index (κ1) is 16.8. The van der Waals surface area contributed by atoms with Crippen molar-refractivity contribution in [2.24, 2.45) is 13.0 Å². The zero-order chi connectivity index (χ0) is 18.1. The minimum Gasteiger partial charge on any atom is -0.324 e. The number of aromatic nitrogens is 4. The Labute approximate surface area is 153 Å². The number of benzene rings is 1. The number of amides is 2. The molecule has 1 aliphatic carbocycles. The Kier molecular flexibility index (Phi) is 4.44. The number of anilines is 1. The summed E-state index contributed by atoms with van der Waals surface area (Å²) in [5.74, 6) is 1.46. The van der Waals surface area contributed by atoms with E-state index in [-0.39, 0.29) is 6.03 Å². The smallest absolute Gasteiger partial charge is 0.324 e. The second-order valence-electron chi connectivity index (χ2n) is 7.32. The van der Waals surface area contributed by atoms with Crippen LogP contribution in [0, 0.1) is 5.92 Å². The Morgan fingerprint density at radius 2 is 2.19 bits per heavy atom. The van der Waals surface area contributed by atoms with Gasteiger partial charge in [0, 0.05) is 20.1 Å². The molecule has 2 amide bonds. The second-order valence-corrected chi connectivity index (χ2v) is 7.32. The fraction of sp³-hybridized carbons (Fsp3) is 0.474. The molecule has 2 aromatic rings. The minimum absolute atomic E-state index is 0.149. The summed E-state index contributed by atoms with van der Waals surface area (Å²) in [5, 5.41) is 13.8. The first-order valence-electron chi connectivity index (χ1n) is 9.19. The highest BCUT2D eigenvalue weighted by Crippen LogP contribution is 2.40. The third-order valence-electron chi connectivity index (χ3n) is 5.24. The van der Waals surface area contributed by atoms with Crippen LogP contribution in [0.5, 0.6) is 0 Å². The summed E-state index contributed by atoms with van der Waals surface area (Å²) in [4.78, 5) is 14.3. The van der Waals surface area contributed by atoms with Gasteiger partial charge >= 0.3 is 6.03 Å². The number of carbonyl (C=O) groups excluding carboxylic acids is 1. The molecule has 2 aliphatic rings. The third-order valence-corrected chi connectivity index (χ3v) is 5.24. The van der Waals surface area contributed by atoms with Crippen LogP contribution in [-0.4, -0.2) is 44.2 Å². The number of rotatable bonds is 3. The standard InChI is InChI=1S/C19H24N6O/c1-13-12-25(19(26)20-18-21-22-23-24(18)2)9-8-16(13)10-14-4-3-5-17(11-14)15-6-7-15/h3-5,10-11,13,15H,6-9,12H2,1-2H3,(H,20,21,23,26). The topological polar surface area (TPSA) is 75.9 Å². The van der Waals surface area contributed by atoms with Gasteiger partial charge in [0.25, 0.3) is 5.95 Å². The van der Waals surface area contributed by atoms with Gasteiger partial charge in [-0.05, 0) is 52.7 Å². The minimum atomic E-state index is -0.149. The lowest BCUT2D eigenvalue weighted by atomic mass is 9.91. The van der Waals surface area contributed by atoms with Crippen LogP contribution in [0.25, 0.3) is 6.08 Å². The summed E-state index contributed by atoms with van der Waals surface area (Å²) in [5.41, 5.74) is 4.14. The molecule has 136 valence electrons. The predicted molar refractivity (Wildman–Crippen MR) is 99.6 cm³/mol. The number of carbonyl (C=O) groups is 1. The van der Waals surface area contributed by atoms with Crippen molar-refractivity contribution in [3.8, 4) is 0 Å². The zero-order valence-corrected chi connectivity index (χ0v) is 15.2. The van der Waals surface area contributed by atoms with Crippen LogP contribution in [0.3, 0.4) is 0 Å². The Balaban J connectivity index is 1.40. The molecule has 1 unspecified atom stereocenters. The van der Waals surface area contributed by atoms with E-state index in [1.54, 1.807) is 7.05 Å². The molecule has 2 heterocycles. The highest BCUT2D eigenvalue weighted by Gasteiger charge is 2.26. The average molecular weight is 352 g/mol. The molecule has 7 heteroatoms. The van der Waals surface area contributed by atoms with Gasteiger partial charge in [0.15, 0.2) is 0 Å². The van der Waals surface area contributed by atoms with E-state index in [0.29, 0.717) is 25.0 Å². The van der Waals surface area contributed by atoms with E-state index in [1.165, 1.54) is 34.2 Å². The van der Waals surface area contributed by atoms with E-state index in [9.17, 15) is 4.79 Å². The Morgan fingerprint density at radius 3 is 2.88 bits per heavy atom. The summed E-state index contributed by atoms with van der Waals surface area (Å²) in [6.07, 6.45) is 5.83. The van der Waals surface area contributed by atoms with E-state index in [4.69, 9.17) is 0 Å². The molecule has 26 heavy (non-hydrogen) atoms. The van der Waals surface area contributed by atoms with Crippen LogP contribution in [0.1, 0.15) is 43.2 Å². The lowest BCUT2D eigenvalue weighted by Crippen LogP contribution is -2.42. The van der Waals surface area contributed by atoms with Crippen LogP contribution < -0.4 is 5.32 Å². The molecule has 4 rings (SSSR count). The van der Waals surface area contributed by atoms with Gasteiger partial charge in [-0.25, -0.2) is 9.48 Å². The number of piperidine rings is 1. The Hall–Kier alpha value is -2.70. The predicted octanol–water partition coefficient (Wildman–Crippen LogP) is 3.04. The molecule has 1 N–H and O–H groups in total. The lowest BCUT2D eigenvalue weighted by Gasteiger charge is -2.33. The molecule has 1 aliphatic heterocycles. The normalized spacial score (nSPS) is 21.8. The van der Waals surface area contributed by atoms with Crippen LogP contribution >= 0.6 is 0 Å². The highest BCUT2D eigenvalue weighted by atomic mass is 16.2. The number of likely N-dealkylation sites (tertiary alicyclic amines) is 1. The van der Waals surface area contributed by atoms with Gasteiger partial charge in [-0.3, -0.25) is 5.32 Å². The largest absolute Gasteiger partial charge is 0.324 e. The fourth-order valence-electron chi connectivity index (χ4n) is 3.49. The van der Waals surface area contributed by atoms with Crippen molar-refractivity contribution in [3.05, 3.63) is 41.0 Å². The molecule has 7 nitrogen and oxygen atoms in total. The van der Waals surface area contributed by atoms with Gasteiger partial charge in [0.2, 0.25) is 0 Å². The maximum Gasteiger partial charge on any atom is 0.324 e. The maximum absolute atomic E-state index is 12.4. The SMILES string of the molecule is CC1CN(C(=O)Nc2nnnn2C)CCC1=Cc1cccc(C2CC2)c1. The van der Waals surface area contributed by atoms with Gasteiger partial charge in [0.1, 0.15) is 0 Å². The van der Waals surface area contributed by atoms with Gasteiger partial charge in [0.05, 0.1) is 0 Å². The van der Waals surface area contributed by atoms with E-state index >= 15 is 0 Å². The number of nitrogens with zero attached hydrogens (tertiary/aromatic N) is 5. The molecular formula is C19H24N6O. The number of aryl methyl sites for hydroxylation is 1. The number of nitrogens with one attached hydrogen (secondary N) is 1. The third kappa shape index (κ3) is 3.61. The molecular weight excluding hydrogens is 328 g/mol. The van der Waals surface area contributed by atoms with E-state index in [2.05, 4.69) is 58.1 Å². The van der Waals surface area contributed by atoms with Crippen molar-refractivity contribution in [1.29, 1.82) is 0 Å². The van der Waals surface area contributed by atoms with Crippen molar-refractivity contribution < 1.29 is 4.79 Å². The van der Waals surface area contributed by atoms with Crippen molar-refractivity contribution in [1.82, 2.24) is 25.1 Å². The Morgan fingerprint density at radius 1 is 1.35 bits per heavy atom. The molecule has 1 atom stereocenters. The number of urea groups is 1. The summed E-state index contributed by atoms with van der Waals surface area (Å²) in [6, 6.07) is 8.73. The molecule has 1 saturated carbocycles. The molecule has 1 aromatic heterocycles.